The zero-order valence-corrected chi connectivity index (χ0v) is 8.65. The standard InChI is InChI=1S/C12H16N2O/c13-11-8-4-3-7(6-8)10(11)12(15)9-2-1-5-14-9/h1-2,5,7-8,10-11,14H,3-4,6,13H2. The number of carbonyl (C=O) groups is 1. The second kappa shape index (κ2) is 3.20. The van der Waals surface area contributed by atoms with E-state index in [0.29, 0.717) is 11.8 Å². The molecule has 2 saturated carbocycles. The Balaban J connectivity index is 1.86. The van der Waals surface area contributed by atoms with Gasteiger partial charge in [-0.15, -0.1) is 0 Å². The van der Waals surface area contributed by atoms with Crippen LogP contribution in [0.4, 0.5) is 0 Å². The number of hydrogen-bond acceptors (Lipinski definition) is 2. The summed E-state index contributed by atoms with van der Waals surface area (Å²) in [6.07, 6.45) is 5.38. The van der Waals surface area contributed by atoms with E-state index in [1.54, 1.807) is 6.20 Å². The van der Waals surface area contributed by atoms with Crippen molar-refractivity contribution in [2.75, 3.05) is 0 Å². The predicted octanol–water partition coefficient (Wildman–Crippen LogP) is 1.57. The van der Waals surface area contributed by atoms with Crippen LogP contribution in [-0.4, -0.2) is 16.8 Å². The number of nitrogens with two attached hydrogens (primary N) is 1. The fraction of sp³-hybridized carbons (Fsp3) is 0.583. The van der Waals surface area contributed by atoms with Crippen LogP contribution in [-0.2, 0) is 0 Å². The minimum absolute atomic E-state index is 0.0717. The van der Waals surface area contributed by atoms with Gasteiger partial charge in [-0.3, -0.25) is 4.79 Å². The minimum atomic E-state index is 0.0717. The fourth-order valence-corrected chi connectivity index (χ4v) is 3.39. The van der Waals surface area contributed by atoms with Gasteiger partial charge in [-0.2, -0.15) is 0 Å². The molecule has 2 fully saturated rings. The summed E-state index contributed by atoms with van der Waals surface area (Å²) in [5.74, 6) is 1.43. The van der Waals surface area contributed by atoms with Crippen LogP contribution in [0.25, 0.3) is 0 Å². The third kappa shape index (κ3) is 1.26. The SMILES string of the molecule is NC1C2CCC(C2)C1C(=O)c1ccc[nH]1. The Hall–Kier alpha value is -1.09. The molecule has 1 heterocycles. The topological polar surface area (TPSA) is 58.9 Å². The molecule has 0 aromatic carbocycles. The van der Waals surface area contributed by atoms with Crippen molar-refractivity contribution in [3.63, 3.8) is 0 Å². The Bertz CT molecular complexity index is 369. The Kier molecular flexibility index (Phi) is 1.96. The van der Waals surface area contributed by atoms with E-state index in [1.165, 1.54) is 12.8 Å². The maximum absolute atomic E-state index is 12.2. The Morgan fingerprint density at radius 2 is 2.20 bits per heavy atom. The first-order chi connectivity index (χ1) is 7.27. The van der Waals surface area contributed by atoms with E-state index in [-0.39, 0.29) is 17.7 Å². The van der Waals surface area contributed by atoms with E-state index in [2.05, 4.69) is 4.98 Å². The van der Waals surface area contributed by atoms with E-state index < -0.39 is 0 Å². The fourth-order valence-electron chi connectivity index (χ4n) is 3.39. The van der Waals surface area contributed by atoms with Crippen molar-refractivity contribution < 1.29 is 4.79 Å². The molecular weight excluding hydrogens is 188 g/mol. The summed E-state index contributed by atoms with van der Waals surface area (Å²) in [6.45, 7) is 0. The highest BCUT2D eigenvalue weighted by molar-refractivity contribution is 5.97. The molecule has 0 radical (unpaired) electrons. The van der Waals surface area contributed by atoms with Crippen LogP contribution >= 0.6 is 0 Å². The predicted molar refractivity (Wildman–Crippen MR) is 57.4 cm³/mol. The second-order valence-electron chi connectivity index (χ2n) is 4.88. The van der Waals surface area contributed by atoms with Gasteiger partial charge in [0, 0.05) is 18.2 Å². The van der Waals surface area contributed by atoms with Crippen molar-refractivity contribution in [3.8, 4) is 0 Å². The Labute approximate surface area is 89.0 Å². The maximum atomic E-state index is 12.2. The van der Waals surface area contributed by atoms with Gasteiger partial charge in [-0.05, 0) is 43.2 Å². The van der Waals surface area contributed by atoms with Crippen molar-refractivity contribution >= 4 is 5.78 Å². The number of nitrogens with one attached hydrogen (secondary N) is 1. The van der Waals surface area contributed by atoms with Gasteiger partial charge in [-0.1, -0.05) is 0 Å². The van der Waals surface area contributed by atoms with E-state index in [9.17, 15) is 4.79 Å². The Morgan fingerprint density at radius 3 is 2.80 bits per heavy atom. The highest BCUT2D eigenvalue weighted by atomic mass is 16.1. The molecule has 3 rings (SSSR count). The minimum Gasteiger partial charge on any atom is -0.359 e. The maximum Gasteiger partial charge on any atom is 0.183 e. The van der Waals surface area contributed by atoms with Gasteiger partial charge < -0.3 is 10.7 Å². The monoisotopic (exact) mass is 204 g/mol. The van der Waals surface area contributed by atoms with Gasteiger partial charge in [-0.25, -0.2) is 0 Å². The zero-order valence-electron chi connectivity index (χ0n) is 8.65. The number of fused-ring (bicyclic) bond motifs is 2. The summed E-state index contributed by atoms with van der Waals surface area (Å²) in [6, 6.07) is 3.81. The molecule has 4 atom stereocenters. The number of aromatic nitrogens is 1. The number of hydrogen-bond donors (Lipinski definition) is 2. The van der Waals surface area contributed by atoms with E-state index in [4.69, 9.17) is 5.73 Å². The molecule has 3 nitrogen and oxygen atoms in total. The molecule has 4 unspecified atom stereocenters. The van der Waals surface area contributed by atoms with Gasteiger partial charge in [0.25, 0.3) is 0 Å². The Morgan fingerprint density at radius 1 is 1.40 bits per heavy atom. The summed E-state index contributed by atoms with van der Waals surface area (Å²) in [5.41, 5.74) is 6.86. The highest BCUT2D eigenvalue weighted by Gasteiger charge is 2.49. The van der Waals surface area contributed by atoms with Crippen LogP contribution in [0.1, 0.15) is 29.8 Å². The lowest BCUT2D eigenvalue weighted by atomic mass is 9.81. The second-order valence-corrected chi connectivity index (χ2v) is 4.88. The molecular formula is C12H16N2O. The first-order valence-corrected chi connectivity index (χ1v) is 5.70. The van der Waals surface area contributed by atoms with Crippen LogP contribution < -0.4 is 5.73 Å². The van der Waals surface area contributed by atoms with Crippen molar-refractivity contribution in [2.24, 2.45) is 23.5 Å². The average molecular weight is 204 g/mol. The molecule has 80 valence electrons. The first kappa shape index (κ1) is 9.16. The number of H-pyrrole nitrogens is 1. The molecule has 0 spiro atoms. The number of carbonyl (C=O) groups excluding carboxylic acids is 1. The molecule has 3 N–H and O–H groups in total. The number of rotatable bonds is 2. The smallest absolute Gasteiger partial charge is 0.183 e. The summed E-state index contributed by atoms with van der Waals surface area (Å²) < 4.78 is 0. The van der Waals surface area contributed by atoms with Gasteiger partial charge in [0.05, 0.1) is 5.69 Å². The molecule has 3 heteroatoms. The van der Waals surface area contributed by atoms with Crippen molar-refractivity contribution in [2.45, 2.75) is 25.3 Å². The lowest BCUT2D eigenvalue weighted by Gasteiger charge is -2.26. The number of aromatic amines is 1. The van der Waals surface area contributed by atoms with E-state index >= 15 is 0 Å². The molecule has 2 aliphatic rings. The lowest BCUT2D eigenvalue weighted by Crippen LogP contribution is -2.40. The van der Waals surface area contributed by atoms with Crippen LogP contribution in [0.2, 0.25) is 0 Å². The van der Waals surface area contributed by atoms with Crippen LogP contribution in [0, 0.1) is 17.8 Å². The average Bonchev–Trinajstić information content (AvgIpc) is 2.93. The van der Waals surface area contributed by atoms with Crippen molar-refractivity contribution in [1.82, 2.24) is 4.98 Å². The summed E-state index contributed by atoms with van der Waals surface area (Å²) in [4.78, 5) is 15.2. The molecule has 15 heavy (non-hydrogen) atoms. The molecule has 0 saturated heterocycles. The summed E-state index contributed by atoms with van der Waals surface area (Å²) >= 11 is 0. The zero-order chi connectivity index (χ0) is 10.4. The van der Waals surface area contributed by atoms with Gasteiger partial charge in [0.15, 0.2) is 5.78 Å². The third-order valence-electron chi connectivity index (χ3n) is 4.15. The molecule has 2 aliphatic carbocycles. The molecule has 1 aromatic rings. The molecule has 1 aromatic heterocycles. The van der Waals surface area contributed by atoms with Crippen molar-refractivity contribution in [1.29, 1.82) is 0 Å². The largest absolute Gasteiger partial charge is 0.359 e. The third-order valence-corrected chi connectivity index (χ3v) is 4.15. The molecule has 0 aliphatic heterocycles. The number of ketones is 1. The van der Waals surface area contributed by atoms with Gasteiger partial charge in [0.2, 0.25) is 0 Å². The summed E-state index contributed by atoms with van der Waals surface area (Å²) in [7, 11) is 0. The van der Waals surface area contributed by atoms with Gasteiger partial charge >= 0.3 is 0 Å². The normalized spacial score (nSPS) is 38.5. The highest BCUT2D eigenvalue weighted by Crippen LogP contribution is 2.48. The van der Waals surface area contributed by atoms with Crippen LogP contribution in [0.3, 0.4) is 0 Å². The quantitative estimate of drug-likeness (QED) is 0.718. The lowest BCUT2D eigenvalue weighted by molar-refractivity contribution is 0.0851. The summed E-state index contributed by atoms with van der Waals surface area (Å²) in [5, 5.41) is 0. The van der Waals surface area contributed by atoms with Gasteiger partial charge in [0.1, 0.15) is 0 Å². The van der Waals surface area contributed by atoms with Crippen LogP contribution in [0.5, 0.6) is 0 Å². The van der Waals surface area contributed by atoms with E-state index in [0.717, 1.165) is 12.1 Å². The van der Waals surface area contributed by atoms with Crippen LogP contribution in [0.15, 0.2) is 18.3 Å². The molecule has 2 bridgehead atoms. The molecule has 0 amide bonds. The first-order valence-electron chi connectivity index (χ1n) is 5.70. The number of Topliss-reactive ketones (excluding diaryl/α,β-unsaturated/α-hetero) is 1. The van der Waals surface area contributed by atoms with E-state index in [1.807, 2.05) is 12.1 Å². The van der Waals surface area contributed by atoms with Crippen molar-refractivity contribution in [3.05, 3.63) is 24.0 Å².